The highest BCUT2D eigenvalue weighted by Crippen LogP contribution is 2.31. The smallest absolute Gasteiger partial charge is 0.475 e. The van der Waals surface area contributed by atoms with E-state index in [0.717, 1.165) is 40.7 Å². The first-order chi connectivity index (χ1) is 32.8. The van der Waals surface area contributed by atoms with Crippen molar-refractivity contribution in [3.8, 4) is 22.5 Å². The number of likely N-dealkylation sites (tertiary alicyclic amines) is 1. The number of nitrogens with zero attached hydrogens (tertiary/aromatic N) is 4. The van der Waals surface area contributed by atoms with E-state index in [9.17, 15) is 37.1 Å². The van der Waals surface area contributed by atoms with Crippen LogP contribution in [0.1, 0.15) is 91.2 Å². The molecule has 4 aromatic rings. The summed E-state index contributed by atoms with van der Waals surface area (Å²) in [5, 5.41) is 33.2. The highest BCUT2D eigenvalue weighted by Gasteiger charge is 2.38. The summed E-state index contributed by atoms with van der Waals surface area (Å²) < 4.78 is 42.6. The van der Waals surface area contributed by atoms with Crippen molar-refractivity contribution in [2.24, 2.45) is 17.8 Å². The second kappa shape index (κ2) is 23.5. The molecule has 2 fully saturated rings. The number of aryl methyl sites for hydroxylation is 1. The number of hydrogen-bond donors (Lipinski definition) is 6. The number of piperidine rings is 1. The van der Waals surface area contributed by atoms with E-state index in [1.807, 2.05) is 90.9 Å². The first kappa shape index (κ1) is 53.9. The Morgan fingerprint density at radius 3 is 1.89 bits per heavy atom. The number of nitrogens with one attached hydrogen (secondary N) is 5. The lowest BCUT2D eigenvalue weighted by Gasteiger charge is -2.33. The van der Waals surface area contributed by atoms with Gasteiger partial charge < -0.3 is 40.7 Å². The van der Waals surface area contributed by atoms with Crippen molar-refractivity contribution in [1.82, 2.24) is 36.2 Å². The van der Waals surface area contributed by atoms with Crippen LogP contribution in [-0.2, 0) is 35.1 Å². The van der Waals surface area contributed by atoms with E-state index in [1.165, 1.54) is 0 Å². The zero-order valence-electron chi connectivity index (χ0n) is 40.4. The number of carboxylic acid groups (broad SMARTS) is 1. The minimum atomic E-state index is -5.08. The van der Waals surface area contributed by atoms with Crippen LogP contribution >= 0.6 is 0 Å². The van der Waals surface area contributed by atoms with Crippen molar-refractivity contribution in [3.63, 3.8) is 0 Å². The number of alkyl halides is 3. The number of ether oxygens (including phenoxy) is 2. The maximum absolute atomic E-state index is 13.9. The van der Waals surface area contributed by atoms with Gasteiger partial charge in [-0.05, 0) is 151 Å². The predicted molar refractivity (Wildman–Crippen MR) is 253 cm³/mol. The summed E-state index contributed by atoms with van der Waals surface area (Å²) in [5.74, 6) is -3.21. The van der Waals surface area contributed by atoms with Crippen LogP contribution in [0.25, 0.3) is 22.5 Å². The van der Waals surface area contributed by atoms with Gasteiger partial charge in [-0.3, -0.25) is 14.4 Å². The molecule has 5 amide bonds. The molecule has 1 aromatic heterocycles. The second-order valence-corrected chi connectivity index (χ2v) is 19.4. The van der Waals surface area contributed by atoms with Crippen LogP contribution in [0.3, 0.4) is 0 Å². The van der Waals surface area contributed by atoms with Gasteiger partial charge in [-0.15, -0.1) is 10.2 Å². The maximum Gasteiger partial charge on any atom is 0.490 e. The third kappa shape index (κ3) is 16.9. The Labute approximate surface area is 404 Å². The summed E-state index contributed by atoms with van der Waals surface area (Å²) in [4.78, 5) is 76.4. The molecule has 1 atom stereocenters. The molecule has 0 radical (unpaired) electrons. The number of aliphatic carboxylic acids is 1. The standard InChI is InChI=1S/C47H61N9O7.C2HF3O2/c1-29-8-13-36(27-38(29)50-42(58)35-22-24-56(25-23-35)45(61)63-47(5,6)7)32-14-9-30(10-15-32)26-39(43(59)49-37-20-18-33(19-21-37)40-52-54-55-53-40)51-41(57)34-16-11-31(12-17-34)28-48-44(60)62-46(2,3)4;3-2(4,5)1(6)7/h8-10,13-15,18-21,27,31,34-35,39H,11-12,16-17,22-26,28H2,1-7H3,(H,48,60)(H,49,59)(H,50,58)(H,51,57)(H,52,53,54,55);(H,6,7)/t31?,34?,39-;/m0./s1. The fraction of sp³-hybridized carbons (Fsp3) is 0.490. The van der Waals surface area contributed by atoms with Crippen LogP contribution in [0, 0.1) is 24.7 Å². The van der Waals surface area contributed by atoms with Crippen LogP contribution in [0.4, 0.5) is 34.1 Å². The van der Waals surface area contributed by atoms with Gasteiger partial charge in [0.25, 0.3) is 0 Å². The van der Waals surface area contributed by atoms with Gasteiger partial charge in [-0.2, -0.15) is 18.4 Å². The van der Waals surface area contributed by atoms with E-state index in [4.69, 9.17) is 19.4 Å². The van der Waals surface area contributed by atoms with Crippen molar-refractivity contribution < 1.29 is 56.5 Å². The molecule has 1 saturated heterocycles. The van der Waals surface area contributed by atoms with E-state index < -0.39 is 35.5 Å². The van der Waals surface area contributed by atoms with Crippen molar-refractivity contribution in [3.05, 3.63) is 77.9 Å². The number of anilines is 2. The highest BCUT2D eigenvalue weighted by molar-refractivity contribution is 5.98. The Kier molecular flexibility index (Phi) is 18.1. The van der Waals surface area contributed by atoms with Crippen LogP contribution in [0.5, 0.6) is 0 Å². The summed E-state index contributed by atoms with van der Waals surface area (Å²) in [6, 6.07) is 19.9. The zero-order chi connectivity index (χ0) is 51.4. The molecule has 21 heteroatoms. The number of amides is 5. The summed E-state index contributed by atoms with van der Waals surface area (Å²) in [6.07, 6.45) is -1.74. The summed E-state index contributed by atoms with van der Waals surface area (Å²) in [5.41, 5.74) is 4.44. The number of alkyl carbamates (subject to hydrolysis) is 1. The average Bonchev–Trinajstić information content (AvgIpc) is 3.84. The first-order valence-electron chi connectivity index (χ1n) is 23.0. The normalized spacial score (nSPS) is 16.9. The number of aromatic amines is 1. The third-order valence-corrected chi connectivity index (χ3v) is 11.5. The third-order valence-electron chi connectivity index (χ3n) is 11.5. The van der Waals surface area contributed by atoms with E-state index in [-0.39, 0.29) is 48.0 Å². The SMILES string of the molecule is Cc1ccc(-c2ccc(C[C@H](NC(=O)C3CCC(CNC(=O)OC(C)(C)C)CC3)C(=O)Nc3ccc(-c4nn[nH]n4)cc3)cc2)cc1NC(=O)C1CCN(C(=O)OC(C)(C)C)CC1.O=C(O)C(F)(F)F. The predicted octanol–water partition coefficient (Wildman–Crippen LogP) is 8.06. The number of rotatable bonds is 12. The number of halogens is 3. The average molecular weight is 978 g/mol. The minimum absolute atomic E-state index is 0.0769. The van der Waals surface area contributed by atoms with Crippen molar-refractivity contribution >= 4 is 47.3 Å². The van der Waals surface area contributed by atoms with Gasteiger partial charge in [0.05, 0.1) is 0 Å². The van der Waals surface area contributed by atoms with Crippen molar-refractivity contribution in [1.29, 1.82) is 0 Å². The molecule has 1 aliphatic carbocycles. The van der Waals surface area contributed by atoms with Gasteiger partial charge in [-0.1, -0.05) is 36.4 Å². The fourth-order valence-corrected chi connectivity index (χ4v) is 7.78. The summed E-state index contributed by atoms with van der Waals surface area (Å²) in [6.45, 7) is 14.3. The van der Waals surface area contributed by atoms with Crippen LogP contribution < -0.4 is 21.3 Å². The van der Waals surface area contributed by atoms with Gasteiger partial charge in [-0.25, -0.2) is 14.4 Å². The Morgan fingerprint density at radius 2 is 1.33 bits per heavy atom. The van der Waals surface area contributed by atoms with E-state index in [0.29, 0.717) is 62.5 Å². The number of H-pyrrole nitrogens is 1. The summed E-state index contributed by atoms with van der Waals surface area (Å²) in [7, 11) is 0. The quantitative estimate of drug-likeness (QED) is 0.0789. The van der Waals surface area contributed by atoms with Crippen LogP contribution in [-0.4, -0.2) is 110 Å². The first-order valence-corrected chi connectivity index (χ1v) is 23.0. The number of carbonyl (C=O) groups excluding carboxylic acids is 5. The molecule has 6 N–H and O–H groups in total. The number of hydrogen-bond acceptors (Lipinski definition) is 11. The maximum atomic E-state index is 13.9. The van der Waals surface area contributed by atoms with E-state index in [2.05, 4.69) is 41.9 Å². The number of benzene rings is 3. The molecule has 0 spiro atoms. The van der Waals surface area contributed by atoms with Crippen LogP contribution in [0.2, 0.25) is 0 Å². The van der Waals surface area contributed by atoms with Crippen molar-refractivity contribution in [2.45, 2.75) is 117 Å². The fourth-order valence-electron chi connectivity index (χ4n) is 7.78. The number of aromatic nitrogens is 4. The Morgan fingerprint density at radius 1 is 0.757 bits per heavy atom. The van der Waals surface area contributed by atoms with E-state index in [1.54, 1.807) is 29.2 Å². The second-order valence-electron chi connectivity index (χ2n) is 19.4. The van der Waals surface area contributed by atoms with Gasteiger partial charge in [0.1, 0.15) is 17.2 Å². The molecular formula is C49H62F3N9O9. The van der Waals surface area contributed by atoms with Gasteiger partial charge in [0, 0.05) is 54.8 Å². The molecule has 1 aliphatic heterocycles. The van der Waals surface area contributed by atoms with Gasteiger partial charge in [0.2, 0.25) is 23.5 Å². The number of carboxylic acids is 1. The Bertz CT molecular complexity index is 2420. The summed E-state index contributed by atoms with van der Waals surface area (Å²) >= 11 is 0. The molecule has 2 aliphatic rings. The van der Waals surface area contributed by atoms with Crippen molar-refractivity contribution in [2.75, 3.05) is 30.3 Å². The monoisotopic (exact) mass is 977 g/mol. The van der Waals surface area contributed by atoms with E-state index >= 15 is 0 Å². The Balaban J connectivity index is 0.00000121. The largest absolute Gasteiger partial charge is 0.490 e. The topological polar surface area (TPSA) is 247 Å². The molecule has 0 bridgehead atoms. The molecule has 0 unspecified atom stereocenters. The molecule has 378 valence electrons. The molecule has 2 heterocycles. The molecule has 1 saturated carbocycles. The molecular weight excluding hydrogens is 916 g/mol. The molecule has 3 aromatic carbocycles. The van der Waals surface area contributed by atoms with Crippen LogP contribution in [0.15, 0.2) is 66.7 Å². The lowest BCUT2D eigenvalue weighted by atomic mass is 9.81. The lowest BCUT2D eigenvalue weighted by Crippen LogP contribution is -2.48. The lowest BCUT2D eigenvalue weighted by molar-refractivity contribution is -0.192. The number of carbonyl (C=O) groups is 6. The molecule has 18 nitrogen and oxygen atoms in total. The zero-order valence-corrected chi connectivity index (χ0v) is 40.4. The molecule has 6 rings (SSSR count). The number of tetrazole rings is 1. The molecule has 70 heavy (non-hydrogen) atoms. The minimum Gasteiger partial charge on any atom is -0.475 e. The Hall–Kier alpha value is -7.06. The van der Waals surface area contributed by atoms with Gasteiger partial charge in [0.15, 0.2) is 0 Å². The highest BCUT2D eigenvalue weighted by atomic mass is 19.4. The van der Waals surface area contributed by atoms with Gasteiger partial charge >= 0.3 is 24.3 Å².